The highest BCUT2D eigenvalue weighted by Crippen LogP contribution is 2.34. The highest BCUT2D eigenvalue weighted by Gasteiger charge is 2.15. The molecule has 10 nitrogen and oxygen atoms in total. The Morgan fingerprint density at radius 1 is 1.06 bits per heavy atom. The predicted octanol–water partition coefficient (Wildman–Crippen LogP) is 2.26. The first-order valence-electron chi connectivity index (χ1n) is 10.2. The average molecular weight is 435 g/mol. The zero-order valence-corrected chi connectivity index (χ0v) is 17.1. The van der Waals surface area contributed by atoms with E-state index in [1.54, 1.807) is 10.6 Å². The van der Waals surface area contributed by atoms with Crippen LogP contribution in [0.2, 0.25) is 0 Å². The van der Waals surface area contributed by atoms with Crippen molar-refractivity contribution in [3.8, 4) is 22.8 Å². The topological polar surface area (TPSA) is 123 Å². The number of urea groups is 1. The fraction of sp³-hybridized carbons (Fsp3) is 0.227. The number of nitrogens with one attached hydrogen (secondary N) is 3. The number of imidazole rings is 1. The van der Waals surface area contributed by atoms with E-state index in [0.717, 1.165) is 16.6 Å². The Balaban J connectivity index is 1.14. The minimum absolute atomic E-state index is 0.201. The van der Waals surface area contributed by atoms with Gasteiger partial charge in [0.1, 0.15) is 18.9 Å². The molecule has 0 saturated heterocycles. The predicted molar refractivity (Wildman–Crippen MR) is 116 cm³/mol. The van der Waals surface area contributed by atoms with E-state index >= 15 is 0 Å². The van der Waals surface area contributed by atoms with Gasteiger partial charge in [0.25, 0.3) is 0 Å². The summed E-state index contributed by atoms with van der Waals surface area (Å²) >= 11 is 0. The van der Waals surface area contributed by atoms with E-state index in [4.69, 9.17) is 14.0 Å². The third-order valence-corrected chi connectivity index (χ3v) is 5.12. The maximum Gasteiger partial charge on any atom is 0.326 e. The van der Waals surface area contributed by atoms with Gasteiger partial charge in [0, 0.05) is 24.7 Å². The van der Waals surface area contributed by atoms with Gasteiger partial charge in [-0.2, -0.15) is 0 Å². The number of hydrogen-bond acceptors (Lipinski definition) is 6. The molecule has 2 amide bonds. The van der Waals surface area contributed by atoms with Crippen molar-refractivity contribution in [3.05, 3.63) is 64.7 Å². The van der Waals surface area contributed by atoms with E-state index < -0.39 is 0 Å². The molecule has 0 saturated carbocycles. The number of ether oxygens (including phenoxy) is 2. The number of hydrogen-bond donors (Lipinski definition) is 3. The fourth-order valence-corrected chi connectivity index (χ4v) is 3.57. The van der Waals surface area contributed by atoms with Crippen LogP contribution in [0.4, 0.5) is 4.79 Å². The summed E-state index contributed by atoms with van der Waals surface area (Å²) in [5.41, 5.74) is 2.75. The first-order valence-corrected chi connectivity index (χ1v) is 10.2. The van der Waals surface area contributed by atoms with Gasteiger partial charge in [0.15, 0.2) is 17.3 Å². The molecule has 5 rings (SSSR count). The minimum atomic E-state index is -0.359. The number of rotatable bonds is 6. The molecule has 3 heterocycles. The normalized spacial score (nSPS) is 12.6. The summed E-state index contributed by atoms with van der Waals surface area (Å²) < 4.78 is 18.1. The zero-order chi connectivity index (χ0) is 21.9. The van der Waals surface area contributed by atoms with Gasteiger partial charge in [-0.1, -0.05) is 17.3 Å². The molecule has 3 N–H and O–H groups in total. The summed E-state index contributed by atoms with van der Waals surface area (Å²) in [5.74, 6) is 1.93. The zero-order valence-electron chi connectivity index (χ0n) is 17.1. The Bertz CT molecular complexity index is 1320. The molecular weight excluding hydrogens is 414 g/mol. The summed E-state index contributed by atoms with van der Waals surface area (Å²) in [6.45, 7) is 1.90. The van der Waals surface area contributed by atoms with Gasteiger partial charge < -0.3 is 29.6 Å². The Kier molecular flexibility index (Phi) is 5.24. The van der Waals surface area contributed by atoms with Gasteiger partial charge in [0.05, 0.1) is 17.6 Å². The lowest BCUT2D eigenvalue weighted by atomic mass is 10.1. The summed E-state index contributed by atoms with van der Waals surface area (Å²) in [5, 5.41) is 9.48. The number of amides is 2. The molecule has 2 aromatic carbocycles. The molecule has 0 atom stereocenters. The van der Waals surface area contributed by atoms with E-state index in [1.165, 1.54) is 0 Å². The highest BCUT2D eigenvalue weighted by molar-refractivity contribution is 5.75. The first kappa shape index (κ1) is 19.7. The van der Waals surface area contributed by atoms with Crippen molar-refractivity contribution in [1.29, 1.82) is 0 Å². The molecule has 0 bridgehead atoms. The van der Waals surface area contributed by atoms with Crippen molar-refractivity contribution in [1.82, 2.24) is 25.3 Å². The van der Waals surface area contributed by atoms with Crippen LogP contribution >= 0.6 is 0 Å². The number of aromatic nitrogens is 3. The number of carbonyl (C=O) groups is 1. The van der Waals surface area contributed by atoms with Crippen LogP contribution in [-0.2, 0) is 13.1 Å². The maximum atomic E-state index is 12.1. The second-order valence-corrected chi connectivity index (χ2v) is 7.25. The van der Waals surface area contributed by atoms with E-state index in [0.29, 0.717) is 49.3 Å². The van der Waals surface area contributed by atoms with E-state index in [-0.39, 0.29) is 18.3 Å². The van der Waals surface area contributed by atoms with Crippen molar-refractivity contribution in [3.63, 3.8) is 0 Å². The van der Waals surface area contributed by atoms with Crippen LogP contribution in [0.5, 0.6) is 11.5 Å². The lowest BCUT2D eigenvalue weighted by molar-refractivity contribution is 0.171. The summed E-state index contributed by atoms with van der Waals surface area (Å²) in [7, 11) is 0. The molecule has 1 aliphatic rings. The fourth-order valence-electron chi connectivity index (χ4n) is 3.57. The van der Waals surface area contributed by atoms with E-state index in [1.807, 2.05) is 42.5 Å². The number of H-pyrrole nitrogens is 1. The molecule has 2 aromatic heterocycles. The number of para-hydroxylation sites is 2. The third kappa shape index (κ3) is 4.02. The number of benzene rings is 2. The molecule has 0 unspecified atom stereocenters. The third-order valence-electron chi connectivity index (χ3n) is 5.12. The second-order valence-electron chi connectivity index (χ2n) is 7.25. The van der Waals surface area contributed by atoms with Crippen LogP contribution in [0.1, 0.15) is 5.69 Å². The van der Waals surface area contributed by atoms with Crippen molar-refractivity contribution >= 4 is 17.1 Å². The Labute approximate surface area is 182 Å². The van der Waals surface area contributed by atoms with Gasteiger partial charge in [-0.25, -0.2) is 9.59 Å². The lowest BCUT2D eigenvalue weighted by Gasteiger charge is -2.18. The van der Waals surface area contributed by atoms with Crippen LogP contribution in [0.3, 0.4) is 0 Å². The second kappa shape index (κ2) is 8.50. The molecular formula is C22H21N5O5. The average Bonchev–Trinajstić information content (AvgIpc) is 3.42. The molecule has 164 valence electrons. The largest absolute Gasteiger partial charge is 0.486 e. The summed E-state index contributed by atoms with van der Waals surface area (Å²) in [4.78, 5) is 27.0. The number of aromatic amines is 1. The smallest absolute Gasteiger partial charge is 0.326 e. The Morgan fingerprint density at radius 3 is 2.81 bits per heavy atom. The molecule has 0 spiro atoms. The monoisotopic (exact) mass is 435 g/mol. The van der Waals surface area contributed by atoms with Crippen molar-refractivity contribution in [2.24, 2.45) is 0 Å². The quantitative estimate of drug-likeness (QED) is 0.427. The minimum Gasteiger partial charge on any atom is -0.486 e. The molecule has 1 aliphatic heterocycles. The number of fused-ring (bicyclic) bond motifs is 2. The standard InChI is InChI=1S/C22H21N5O5/c28-21(23-7-8-27-17-4-2-1-3-16(17)25-22(27)29)24-13-15-12-19(32-26-15)14-5-6-18-20(11-14)31-10-9-30-18/h1-6,11-12H,7-10,13H2,(H,25,29)(H2,23,24,28). The van der Waals surface area contributed by atoms with Crippen molar-refractivity contribution in [2.75, 3.05) is 19.8 Å². The van der Waals surface area contributed by atoms with Crippen molar-refractivity contribution < 1.29 is 18.8 Å². The molecule has 0 radical (unpaired) electrons. The van der Waals surface area contributed by atoms with E-state index in [9.17, 15) is 9.59 Å². The van der Waals surface area contributed by atoms with Gasteiger partial charge in [-0.15, -0.1) is 0 Å². The van der Waals surface area contributed by atoms with Gasteiger partial charge in [-0.05, 0) is 30.3 Å². The van der Waals surface area contributed by atoms with Crippen LogP contribution in [-0.4, -0.2) is 40.5 Å². The lowest BCUT2D eigenvalue weighted by Crippen LogP contribution is -2.37. The Morgan fingerprint density at radius 2 is 1.91 bits per heavy atom. The molecule has 0 fully saturated rings. The first-order chi connectivity index (χ1) is 15.7. The van der Waals surface area contributed by atoms with E-state index in [2.05, 4.69) is 20.8 Å². The maximum absolute atomic E-state index is 12.1. The molecule has 32 heavy (non-hydrogen) atoms. The molecule has 4 aromatic rings. The summed E-state index contributed by atoms with van der Waals surface area (Å²) in [6, 6.07) is 14.4. The van der Waals surface area contributed by atoms with Gasteiger partial charge in [-0.3, -0.25) is 4.57 Å². The van der Waals surface area contributed by atoms with Crippen LogP contribution < -0.4 is 25.8 Å². The van der Waals surface area contributed by atoms with Crippen LogP contribution in [0.15, 0.2) is 57.8 Å². The molecule has 0 aliphatic carbocycles. The van der Waals surface area contributed by atoms with Crippen LogP contribution in [0.25, 0.3) is 22.4 Å². The van der Waals surface area contributed by atoms with Crippen molar-refractivity contribution in [2.45, 2.75) is 13.1 Å². The number of nitrogens with zero attached hydrogens (tertiary/aromatic N) is 2. The summed E-state index contributed by atoms with van der Waals surface area (Å²) in [6.07, 6.45) is 0. The highest BCUT2D eigenvalue weighted by atomic mass is 16.6. The van der Waals surface area contributed by atoms with Gasteiger partial charge in [0.2, 0.25) is 0 Å². The SMILES string of the molecule is O=C(NCCn1c(=O)[nH]c2ccccc21)NCc1cc(-c2ccc3c(c2)OCCO3)on1. The Hall–Kier alpha value is -4.21. The molecule has 10 heteroatoms. The number of carbonyl (C=O) groups excluding carboxylic acids is 1. The van der Waals surface area contributed by atoms with Gasteiger partial charge >= 0.3 is 11.7 Å². The van der Waals surface area contributed by atoms with Crippen LogP contribution in [0, 0.1) is 0 Å².